The molecule has 0 unspecified atom stereocenters. The lowest BCUT2D eigenvalue weighted by Crippen LogP contribution is -2.14. The number of hydrogen-bond donors (Lipinski definition) is 0. The highest BCUT2D eigenvalue weighted by molar-refractivity contribution is 6.26. The van der Waals surface area contributed by atoms with Crippen LogP contribution in [0, 0.1) is 55.4 Å². The average Bonchev–Trinajstić information content (AvgIpc) is 3.07. The molecule has 0 heterocycles. The van der Waals surface area contributed by atoms with Crippen LogP contribution >= 0.6 is 0 Å². The molecule has 0 aliphatic heterocycles. The van der Waals surface area contributed by atoms with Gasteiger partial charge in [0, 0.05) is 33.8 Å². The van der Waals surface area contributed by atoms with Crippen molar-refractivity contribution >= 4 is 66.4 Å². The predicted octanol–water partition coefficient (Wildman–Crippen LogP) is 14.0. The maximum absolute atomic E-state index is 2.48. The van der Waals surface area contributed by atoms with Crippen LogP contribution in [0.2, 0.25) is 0 Å². The first-order chi connectivity index (χ1) is 24.1. The zero-order valence-corrected chi connectivity index (χ0v) is 30.4. The maximum Gasteiger partial charge on any atom is 0.0540 e. The van der Waals surface area contributed by atoms with Crippen LogP contribution in [0.4, 0.5) is 34.1 Å². The molecule has 0 aromatic heterocycles. The number of rotatable bonds is 6. The summed E-state index contributed by atoms with van der Waals surface area (Å²) in [6, 6.07) is 45.9. The van der Waals surface area contributed by atoms with E-state index in [0.29, 0.717) is 0 Å². The van der Waals surface area contributed by atoms with Gasteiger partial charge in [-0.15, -0.1) is 0 Å². The number of anilines is 6. The van der Waals surface area contributed by atoms with Gasteiger partial charge in [-0.25, -0.2) is 0 Å². The Labute approximate surface area is 296 Å². The monoisotopic (exact) mass is 648 g/mol. The predicted molar refractivity (Wildman–Crippen MR) is 217 cm³/mol. The number of benzene rings is 8. The molecule has 0 atom stereocenters. The first-order valence-electron chi connectivity index (χ1n) is 17.7. The summed E-state index contributed by atoms with van der Waals surface area (Å²) in [5.41, 5.74) is 17.3. The first kappa shape index (κ1) is 31.7. The summed E-state index contributed by atoms with van der Waals surface area (Å²) in [6.07, 6.45) is 0. The third-order valence-electron chi connectivity index (χ3n) is 10.4. The summed E-state index contributed by atoms with van der Waals surface area (Å²) < 4.78 is 0. The molecular weight excluding hydrogens is 605 g/mol. The molecule has 8 aromatic carbocycles. The van der Waals surface area contributed by atoms with Gasteiger partial charge in [0.1, 0.15) is 0 Å². The lowest BCUT2D eigenvalue weighted by Gasteiger charge is -2.31. The van der Waals surface area contributed by atoms with Gasteiger partial charge in [0.15, 0.2) is 0 Å². The maximum atomic E-state index is 2.48. The topological polar surface area (TPSA) is 6.48 Å². The van der Waals surface area contributed by atoms with Crippen LogP contribution in [0.1, 0.15) is 44.5 Å². The van der Waals surface area contributed by atoms with E-state index in [2.05, 4.69) is 187 Å². The third kappa shape index (κ3) is 5.27. The van der Waals surface area contributed by atoms with Crippen LogP contribution in [0.3, 0.4) is 0 Å². The van der Waals surface area contributed by atoms with Crippen LogP contribution in [0.25, 0.3) is 32.3 Å². The van der Waals surface area contributed by atoms with Crippen LogP contribution in [-0.2, 0) is 0 Å². The van der Waals surface area contributed by atoms with Crippen molar-refractivity contribution in [3.63, 3.8) is 0 Å². The molecule has 2 heteroatoms. The third-order valence-corrected chi connectivity index (χ3v) is 10.4. The van der Waals surface area contributed by atoms with E-state index in [9.17, 15) is 0 Å². The molecule has 0 spiro atoms. The summed E-state index contributed by atoms with van der Waals surface area (Å²) in [5.74, 6) is 0. The van der Waals surface area contributed by atoms with Crippen LogP contribution in [-0.4, -0.2) is 0 Å². The Balaban J connectivity index is 1.38. The molecule has 8 aromatic rings. The fourth-order valence-electron chi connectivity index (χ4n) is 8.13. The van der Waals surface area contributed by atoms with Crippen LogP contribution in [0.15, 0.2) is 121 Å². The molecule has 246 valence electrons. The van der Waals surface area contributed by atoms with E-state index in [0.717, 1.165) is 0 Å². The summed E-state index contributed by atoms with van der Waals surface area (Å²) in [5, 5.41) is 7.64. The van der Waals surface area contributed by atoms with Crippen molar-refractivity contribution in [2.45, 2.75) is 55.4 Å². The van der Waals surface area contributed by atoms with Gasteiger partial charge < -0.3 is 9.80 Å². The molecule has 0 fully saturated rings. The molecule has 0 radical (unpaired) electrons. The van der Waals surface area contributed by atoms with E-state index >= 15 is 0 Å². The van der Waals surface area contributed by atoms with E-state index in [1.165, 1.54) is 111 Å². The minimum absolute atomic E-state index is 1.17. The molecule has 0 saturated carbocycles. The van der Waals surface area contributed by atoms with E-state index in [1.807, 2.05) is 0 Å². The number of nitrogens with zero attached hydrogens (tertiary/aromatic N) is 2. The number of hydrogen-bond acceptors (Lipinski definition) is 2. The number of aryl methyl sites for hydroxylation is 8. The average molecular weight is 649 g/mol. The van der Waals surface area contributed by atoms with Gasteiger partial charge in [0.05, 0.1) is 5.69 Å². The molecule has 0 aliphatic rings. The van der Waals surface area contributed by atoms with E-state index < -0.39 is 0 Å². The second-order valence-electron chi connectivity index (χ2n) is 14.5. The zero-order chi connectivity index (χ0) is 34.8. The largest absolute Gasteiger partial charge is 0.310 e. The SMILES string of the molecule is Cc1ccc(N(c2cc3ccc4ccc(N(c5ccc(C)cc5C)c5ccc(C)cc5C)c5ccc(c2)c3c45)c2ccc(C)cc2C)c(C)c1. The Morgan fingerprint density at radius 1 is 0.300 bits per heavy atom. The van der Waals surface area contributed by atoms with Crippen molar-refractivity contribution in [1.29, 1.82) is 0 Å². The fraction of sp³-hybridized carbons (Fsp3) is 0.167. The molecular formula is C48H44N2. The zero-order valence-electron chi connectivity index (χ0n) is 30.4. The van der Waals surface area contributed by atoms with E-state index in [4.69, 9.17) is 0 Å². The van der Waals surface area contributed by atoms with Gasteiger partial charge in [-0.05, 0) is 147 Å². The highest BCUT2D eigenvalue weighted by Gasteiger charge is 2.23. The highest BCUT2D eigenvalue weighted by Crippen LogP contribution is 2.47. The Bertz CT molecular complexity index is 2470. The lowest BCUT2D eigenvalue weighted by atomic mass is 9.92. The van der Waals surface area contributed by atoms with Gasteiger partial charge in [-0.2, -0.15) is 0 Å². The van der Waals surface area contributed by atoms with Crippen molar-refractivity contribution < 1.29 is 0 Å². The molecule has 2 nitrogen and oxygen atoms in total. The lowest BCUT2D eigenvalue weighted by molar-refractivity contribution is 1.21. The van der Waals surface area contributed by atoms with Crippen molar-refractivity contribution in [3.8, 4) is 0 Å². The summed E-state index contributed by atoms with van der Waals surface area (Å²) in [6.45, 7) is 17.6. The van der Waals surface area contributed by atoms with Crippen LogP contribution in [0.5, 0.6) is 0 Å². The molecule has 0 bridgehead atoms. The quantitative estimate of drug-likeness (QED) is 0.166. The van der Waals surface area contributed by atoms with Gasteiger partial charge in [0.2, 0.25) is 0 Å². The van der Waals surface area contributed by atoms with E-state index in [1.54, 1.807) is 0 Å². The molecule has 8 rings (SSSR count). The molecule has 0 amide bonds. The Hall–Kier alpha value is -5.60. The second kappa shape index (κ2) is 12.1. The smallest absolute Gasteiger partial charge is 0.0540 e. The molecule has 0 saturated heterocycles. The Morgan fingerprint density at radius 3 is 1.10 bits per heavy atom. The summed E-state index contributed by atoms with van der Waals surface area (Å²) in [7, 11) is 0. The minimum atomic E-state index is 1.17. The van der Waals surface area contributed by atoms with Gasteiger partial charge in [0.25, 0.3) is 0 Å². The molecule has 50 heavy (non-hydrogen) atoms. The molecule has 0 aliphatic carbocycles. The minimum Gasteiger partial charge on any atom is -0.310 e. The Kier molecular flexibility index (Phi) is 7.64. The summed E-state index contributed by atoms with van der Waals surface area (Å²) >= 11 is 0. The second-order valence-corrected chi connectivity index (χ2v) is 14.5. The van der Waals surface area contributed by atoms with Gasteiger partial charge in [-0.1, -0.05) is 101 Å². The first-order valence-corrected chi connectivity index (χ1v) is 17.7. The summed E-state index contributed by atoms with van der Waals surface area (Å²) in [4.78, 5) is 4.93. The normalized spacial score (nSPS) is 11.6. The van der Waals surface area contributed by atoms with Crippen LogP contribution < -0.4 is 9.80 Å². The highest BCUT2D eigenvalue weighted by atomic mass is 15.2. The Morgan fingerprint density at radius 2 is 0.660 bits per heavy atom. The standard InChI is InChI=1S/C48H44N2/c1-29-9-18-42(33(5)23-29)49(43-19-10-30(2)24-34(43)6)40-27-38-14-13-37-16-22-46(41-17-15-39(28-40)47(38)48(37)41)50(44-20-11-31(3)25-35(44)7)45-21-12-32(4)26-36(45)8/h9-28H,1-8H3. The van der Waals surface area contributed by atoms with Crippen molar-refractivity contribution in [2.24, 2.45) is 0 Å². The van der Waals surface area contributed by atoms with Crippen molar-refractivity contribution in [1.82, 2.24) is 0 Å². The fourth-order valence-corrected chi connectivity index (χ4v) is 8.13. The van der Waals surface area contributed by atoms with E-state index in [-0.39, 0.29) is 0 Å². The van der Waals surface area contributed by atoms with Crippen molar-refractivity contribution in [2.75, 3.05) is 9.80 Å². The van der Waals surface area contributed by atoms with Gasteiger partial charge >= 0.3 is 0 Å². The molecule has 0 N–H and O–H groups in total. The van der Waals surface area contributed by atoms with Crippen molar-refractivity contribution in [3.05, 3.63) is 166 Å². The van der Waals surface area contributed by atoms with Gasteiger partial charge in [-0.3, -0.25) is 0 Å².